The molecule has 4 nitrogen and oxygen atoms in total. The predicted octanol–water partition coefficient (Wildman–Crippen LogP) is 2.58. The van der Waals surface area contributed by atoms with Crippen LogP contribution in [0.2, 0.25) is 0 Å². The standard InChI is InChI=1S/C15H18N2O2/c1-2-5-14(15(18)19)17-10-11-8-9-16-13-7-4-3-6-12(11)13/h3-4,6-9,14,17H,2,5,10H2,1H3,(H,18,19). The van der Waals surface area contributed by atoms with Gasteiger partial charge in [-0.05, 0) is 24.1 Å². The van der Waals surface area contributed by atoms with Crippen LogP contribution in [0.5, 0.6) is 0 Å². The van der Waals surface area contributed by atoms with Crippen molar-refractivity contribution >= 4 is 16.9 Å². The van der Waals surface area contributed by atoms with Crippen LogP contribution < -0.4 is 5.32 Å². The van der Waals surface area contributed by atoms with Crippen molar-refractivity contribution < 1.29 is 9.90 Å². The summed E-state index contributed by atoms with van der Waals surface area (Å²) in [5, 5.41) is 13.3. The molecule has 0 fully saturated rings. The van der Waals surface area contributed by atoms with Crippen LogP contribution in [0.3, 0.4) is 0 Å². The van der Waals surface area contributed by atoms with Crippen LogP contribution in [-0.2, 0) is 11.3 Å². The van der Waals surface area contributed by atoms with Gasteiger partial charge in [-0.15, -0.1) is 0 Å². The summed E-state index contributed by atoms with van der Waals surface area (Å²) in [6, 6.07) is 9.32. The molecule has 2 aromatic rings. The molecule has 0 saturated heterocycles. The molecule has 1 aromatic carbocycles. The molecule has 100 valence electrons. The third-order valence-corrected chi connectivity index (χ3v) is 3.15. The van der Waals surface area contributed by atoms with E-state index in [1.807, 2.05) is 37.3 Å². The van der Waals surface area contributed by atoms with Gasteiger partial charge >= 0.3 is 5.97 Å². The van der Waals surface area contributed by atoms with Crippen LogP contribution in [0.4, 0.5) is 0 Å². The molecule has 2 rings (SSSR count). The van der Waals surface area contributed by atoms with Crippen molar-refractivity contribution in [3.05, 3.63) is 42.1 Å². The molecule has 0 radical (unpaired) electrons. The third kappa shape index (κ3) is 3.29. The summed E-state index contributed by atoms with van der Waals surface area (Å²) in [6.07, 6.45) is 3.24. The van der Waals surface area contributed by atoms with Gasteiger partial charge in [0, 0.05) is 18.1 Å². The monoisotopic (exact) mass is 258 g/mol. The lowest BCUT2D eigenvalue weighted by molar-refractivity contribution is -0.139. The number of nitrogens with one attached hydrogen (secondary N) is 1. The normalized spacial score (nSPS) is 12.5. The summed E-state index contributed by atoms with van der Waals surface area (Å²) in [5.41, 5.74) is 2.01. The summed E-state index contributed by atoms with van der Waals surface area (Å²) >= 11 is 0. The predicted molar refractivity (Wildman–Crippen MR) is 74.9 cm³/mol. The zero-order valence-electron chi connectivity index (χ0n) is 11.0. The van der Waals surface area contributed by atoms with Gasteiger partial charge in [-0.1, -0.05) is 31.5 Å². The molecule has 1 aromatic heterocycles. The zero-order chi connectivity index (χ0) is 13.7. The quantitative estimate of drug-likeness (QED) is 0.836. The van der Waals surface area contributed by atoms with E-state index in [0.717, 1.165) is 22.9 Å². The van der Waals surface area contributed by atoms with Crippen LogP contribution in [0.1, 0.15) is 25.3 Å². The third-order valence-electron chi connectivity index (χ3n) is 3.15. The van der Waals surface area contributed by atoms with Gasteiger partial charge in [0.15, 0.2) is 0 Å². The van der Waals surface area contributed by atoms with E-state index in [1.54, 1.807) is 6.20 Å². The number of carbonyl (C=O) groups is 1. The van der Waals surface area contributed by atoms with E-state index in [-0.39, 0.29) is 0 Å². The van der Waals surface area contributed by atoms with Crippen molar-refractivity contribution in [2.45, 2.75) is 32.4 Å². The van der Waals surface area contributed by atoms with E-state index in [9.17, 15) is 4.79 Å². The zero-order valence-corrected chi connectivity index (χ0v) is 11.0. The van der Waals surface area contributed by atoms with Gasteiger partial charge in [0.05, 0.1) is 5.52 Å². The molecule has 0 spiro atoms. The molecule has 1 heterocycles. The lowest BCUT2D eigenvalue weighted by Crippen LogP contribution is -2.36. The fraction of sp³-hybridized carbons (Fsp3) is 0.333. The summed E-state index contributed by atoms with van der Waals surface area (Å²) < 4.78 is 0. The van der Waals surface area contributed by atoms with E-state index in [1.165, 1.54) is 0 Å². The van der Waals surface area contributed by atoms with Crippen molar-refractivity contribution in [2.75, 3.05) is 0 Å². The van der Waals surface area contributed by atoms with Gasteiger partial charge in [0.2, 0.25) is 0 Å². The Balaban J connectivity index is 2.15. The molecule has 4 heteroatoms. The first-order chi connectivity index (χ1) is 9.22. The molecule has 0 saturated carbocycles. The number of hydrogen-bond donors (Lipinski definition) is 2. The van der Waals surface area contributed by atoms with Crippen LogP contribution in [0, 0.1) is 0 Å². The Kier molecular flexibility index (Phi) is 4.47. The number of hydrogen-bond acceptors (Lipinski definition) is 3. The highest BCUT2D eigenvalue weighted by atomic mass is 16.4. The number of rotatable bonds is 6. The topological polar surface area (TPSA) is 62.2 Å². The number of benzene rings is 1. The van der Waals surface area contributed by atoms with Crippen molar-refractivity contribution in [1.82, 2.24) is 10.3 Å². The molecule has 19 heavy (non-hydrogen) atoms. The highest BCUT2D eigenvalue weighted by Crippen LogP contribution is 2.16. The van der Waals surface area contributed by atoms with E-state index >= 15 is 0 Å². The van der Waals surface area contributed by atoms with E-state index in [2.05, 4.69) is 10.3 Å². The summed E-state index contributed by atoms with van der Waals surface area (Å²) in [5.74, 6) is -0.791. The van der Waals surface area contributed by atoms with Gasteiger partial charge in [-0.2, -0.15) is 0 Å². The van der Waals surface area contributed by atoms with Crippen LogP contribution in [-0.4, -0.2) is 22.1 Å². The Hall–Kier alpha value is -1.94. The first kappa shape index (κ1) is 13.5. The van der Waals surface area contributed by atoms with Gasteiger partial charge in [0.25, 0.3) is 0 Å². The van der Waals surface area contributed by atoms with E-state index < -0.39 is 12.0 Å². The number of pyridine rings is 1. The lowest BCUT2D eigenvalue weighted by Gasteiger charge is -2.14. The molecule has 0 aliphatic heterocycles. The number of carboxylic acid groups (broad SMARTS) is 1. The van der Waals surface area contributed by atoms with E-state index in [0.29, 0.717) is 13.0 Å². The van der Waals surface area contributed by atoms with Crippen LogP contribution >= 0.6 is 0 Å². The molecule has 1 atom stereocenters. The summed E-state index contributed by atoms with van der Waals surface area (Å²) in [6.45, 7) is 2.53. The maximum absolute atomic E-state index is 11.1. The fourth-order valence-electron chi connectivity index (χ4n) is 2.14. The molecule has 0 aliphatic carbocycles. The second-order valence-corrected chi connectivity index (χ2v) is 4.55. The summed E-state index contributed by atoms with van der Waals surface area (Å²) in [7, 11) is 0. The Morgan fingerprint density at radius 2 is 2.16 bits per heavy atom. The molecule has 0 aliphatic rings. The molecule has 0 bridgehead atoms. The Labute approximate surface area is 112 Å². The second-order valence-electron chi connectivity index (χ2n) is 4.55. The van der Waals surface area contributed by atoms with Gasteiger partial charge in [-0.3, -0.25) is 9.78 Å². The van der Waals surface area contributed by atoms with Gasteiger partial charge in [-0.25, -0.2) is 0 Å². The molecular formula is C15H18N2O2. The average molecular weight is 258 g/mol. The minimum Gasteiger partial charge on any atom is -0.480 e. The summed E-state index contributed by atoms with van der Waals surface area (Å²) in [4.78, 5) is 15.4. The van der Waals surface area contributed by atoms with Crippen molar-refractivity contribution in [3.63, 3.8) is 0 Å². The molecular weight excluding hydrogens is 240 g/mol. The maximum atomic E-state index is 11.1. The minimum absolute atomic E-state index is 0.489. The van der Waals surface area contributed by atoms with Crippen molar-refractivity contribution in [1.29, 1.82) is 0 Å². The highest BCUT2D eigenvalue weighted by molar-refractivity contribution is 5.81. The Bertz CT molecular complexity index is 564. The number of carboxylic acids is 1. The number of nitrogens with zero attached hydrogens (tertiary/aromatic N) is 1. The number of aliphatic carboxylic acids is 1. The Morgan fingerprint density at radius 1 is 1.37 bits per heavy atom. The number of para-hydroxylation sites is 1. The smallest absolute Gasteiger partial charge is 0.320 e. The SMILES string of the molecule is CCCC(NCc1ccnc2ccccc12)C(=O)O. The van der Waals surface area contributed by atoms with Crippen LogP contribution in [0.25, 0.3) is 10.9 Å². The van der Waals surface area contributed by atoms with Gasteiger partial charge in [0.1, 0.15) is 6.04 Å². The average Bonchev–Trinajstić information content (AvgIpc) is 2.43. The van der Waals surface area contributed by atoms with E-state index in [4.69, 9.17) is 5.11 Å². The first-order valence-corrected chi connectivity index (χ1v) is 6.51. The molecule has 0 amide bonds. The molecule has 2 N–H and O–H groups in total. The second kappa shape index (κ2) is 6.29. The van der Waals surface area contributed by atoms with Crippen LogP contribution in [0.15, 0.2) is 36.5 Å². The van der Waals surface area contributed by atoms with Gasteiger partial charge < -0.3 is 10.4 Å². The van der Waals surface area contributed by atoms with Crippen molar-refractivity contribution in [3.8, 4) is 0 Å². The first-order valence-electron chi connectivity index (χ1n) is 6.51. The highest BCUT2D eigenvalue weighted by Gasteiger charge is 2.15. The number of fused-ring (bicyclic) bond motifs is 1. The lowest BCUT2D eigenvalue weighted by atomic mass is 10.1. The largest absolute Gasteiger partial charge is 0.480 e. The maximum Gasteiger partial charge on any atom is 0.320 e. The van der Waals surface area contributed by atoms with Crippen molar-refractivity contribution in [2.24, 2.45) is 0 Å². The minimum atomic E-state index is -0.791. The Morgan fingerprint density at radius 3 is 2.89 bits per heavy atom. The molecule has 1 unspecified atom stereocenters. The fourth-order valence-corrected chi connectivity index (χ4v) is 2.14. The number of aromatic nitrogens is 1.